The molecule has 0 spiro atoms. The average molecular weight is 717 g/mol. The van der Waals surface area contributed by atoms with Crippen LogP contribution in [0.2, 0.25) is 0 Å². The number of nitrogens with zero attached hydrogens (tertiary/aromatic N) is 5. The van der Waals surface area contributed by atoms with Gasteiger partial charge in [-0.25, -0.2) is 19.1 Å². The van der Waals surface area contributed by atoms with E-state index in [1.165, 1.54) is 21.8 Å². The summed E-state index contributed by atoms with van der Waals surface area (Å²) in [6, 6.07) is 4.86. The maximum atomic E-state index is 13.2. The van der Waals surface area contributed by atoms with Gasteiger partial charge in [0, 0.05) is 11.6 Å². The topological polar surface area (TPSA) is 251 Å². The van der Waals surface area contributed by atoms with Gasteiger partial charge in [-0.2, -0.15) is 4.98 Å². The lowest BCUT2D eigenvalue weighted by Crippen LogP contribution is -2.26. The molecule has 18 nitrogen and oxygen atoms in total. The molecule has 4 aromatic rings. The van der Waals surface area contributed by atoms with Crippen molar-refractivity contribution in [1.29, 1.82) is 0 Å². The van der Waals surface area contributed by atoms with E-state index in [2.05, 4.69) is 44.4 Å². The lowest BCUT2D eigenvalue weighted by molar-refractivity contribution is -0.0340. The second kappa shape index (κ2) is 13.0. The third kappa shape index (κ3) is 7.36. The molecule has 2 saturated heterocycles. The number of nitrogen functional groups attached to an aromatic ring is 2. The second-order valence-electron chi connectivity index (χ2n) is 10.8. The van der Waals surface area contributed by atoms with E-state index in [1.54, 1.807) is 18.2 Å². The van der Waals surface area contributed by atoms with Crippen molar-refractivity contribution >= 4 is 71.8 Å². The summed E-state index contributed by atoms with van der Waals surface area (Å²) >= 11 is 7.65. The van der Waals surface area contributed by atoms with Gasteiger partial charge in [0.05, 0.1) is 49.3 Å². The van der Waals surface area contributed by atoms with Crippen LogP contribution in [0.4, 0.5) is 11.6 Å². The molecule has 2 aliphatic heterocycles. The predicted octanol–water partition coefficient (Wildman–Crippen LogP) is 2.39. The van der Waals surface area contributed by atoms with E-state index in [0.29, 0.717) is 29.4 Å². The number of nitrogens with two attached hydrogens (primary N) is 2. The van der Waals surface area contributed by atoms with E-state index < -0.39 is 49.7 Å². The van der Waals surface area contributed by atoms with Crippen LogP contribution in [-0.2, 0) is 32.2 Å². The van der Waals surface area contributed by atoms with Gasteiger partial charge < -0.3 is 30.4 Å². The maximum absolute atomic E-state index is 13.2. The van der Waals surface area contributed by atoms with Gasteiger partial charge >= 0.3 is 13.6 Å². The van der Waals surface area contributed by atoms with E-state index in [9.17, 15) is 23.6 Å². The van der Waals surface area contributed by atoms with Crippen LogP contribution in [0.1, 0.15) is 31.7 Å². The fourth-order valence-corrected chi connectivity index (χ4v) is 7.22. The smallest absolute Gasteiger partial charge is 0.386 e. The lowest BCUT2D eigenvalue weighted by Gasteiger charge is -2.22. The Hall–Kier alpha value is -2.77. The number of benzene rings is 1. The first-order valence-electron chi connectivity index (χ1n) is 13.9. The van der Waals surface area contributed by atoms with Gasteiger partial charge in [-0.15, -0.1) is 0 Å². The molecule has 46 heavy (non-hydrogen) atoms. The summed E-state index contributed by atoms with van der Waals surface area (Å²) in [5.41, 5.74) is 11.8. The molecule has 7 atom stereocenters. The highest BCUT2D eigenvalue weighted by Crippen LogP contribution is 2.55. The average Bonchev–Trinajstić information content (AvgIpc) is 3.72. The van der Waals surface area contributed by atoms with Crippen LogP contribution in [0.5, 0.6) is 0 Å². The molecule has 1 aromatic carbocycles. The molecule has 6 N–H and O–H groups in total. The van der Waals surface area contributed by atoms with E-state index in [1.807, 2.05) is 0 Å². The van der Waals surface area contributed by atoms with Gasteiger partial charge in [-0.05, 0) is 37.5 Å². The van der Waals surface area contributed by atoms with Crippen molar-refractivity contribution in [3.05, 3.63) is 51.6 Å². The Morgan fingerprint density at radius 3 is 2.52 bits per heavy atom. The Morgan fingerprint density at radius 2 is 1.74 bits per heavy atom. The lowest BCUT2D eigenvalue weighted by atomic mass is 10.0. The Bertz CT molecular complexity index is 1990. The number of nitrogens with one attached hydrogen (secondary N) is 1. The summed E-state index contributed by atoms with van der Waals surface area (Å²) in [6.45, 7) is -8.65. The molecule has 22 heteroatoms. The predicted molar refractivity (Wildman–Crippen MR) is 171 cm³/mol. The van der Waals surface area contributed by atoms with Crippen molar-refractivity contribution in [2.24, 2.45) is 5.92 Å². The molecule has 0 saturated carbocycles. The fourth-order valence-electron chi connectivity index (χ4n) is 5.45. The first-order valence-corrected chi connectivity index (χ1v) is 19.3. The second-order valence-corrected chi connectivity index (χ2v) is 16.5. The molecule has 3 aromatic heterocycles. The Kier molecular flexibility index (Phi) is 9.39. The SMILES string of the molecule is Nc1ccc2c(=O)n([C@H]3CC[C@@H](COP(=O)(S)OCC4C[C@@H](COP(=O)(O)S)O[C@H]4n4cnc5c(=O)[nH]c(N)nc54)O3)cnc2c1. The van der Waals surface area contributed by atoms with Crippen LogP contribution >= 0.6 is 38.1 Å². The van der Waals surface area contributed by atoms with Crippen LogP contribution in [0.25, 0.3) is 22.1 Å². The Morgan fingerprint density at radius 1 is 1.00 bits per heavy atom. The summed E-state index contributed by atoms with van der Waals surface area (Å²) in [5, 5.41) is 0.405. The number of rotatable bonds is 11. The highest BCUT2D eigenvalue weighted by molar-refractivity contribution is 8.44. The van der Waals surface area contributed by atoms with Crippen LogP contribution in [0.15, 0.2) is 40.4 Å². The third-order valence-corrected chi connectivity index (χ3v) is 10.0. The summed E-state index contributed by atoms with van der Waals surface area (Å²) < 4.78 is 55.7. The summed E-state index contributed by atoms with van der Waals surface area (Å²) in [6.07, 6.45) is 1.27. The molecular formula is C24H30N8O10P2S2. The molecule has 0 bridgehead atoms. The number of thiol groups is 2. The van der Waals surface area contributed by atoms with E-state index in [-0.39, 0.29) is 48.9 Å². The number of imidazole rings is 1. The van der Waals surface area contributed by atoms with Gasteiger partial charge in [0.15, 0.2) is 11.2 Å². The number of aromatic amines is 1. The van der Waals surface area contributed by atoms with Crippen LogP contribution in [0, 0.1) is 5.92 Å². The summed E-state index contributed by atoms with van der Waals surface area (Å²) in [5.74, 6) is -0.692. The van der Waals surface area contributed by atoms with Crippen LogP contribution in [0.3, 0.4) is 0 Å². The number of hydrogen-bond acceptors (Lipinski definition) is 14. The molecule has 5 heterocycles. The minimum Gasteiger partial charge on any atom is -0.399 e. The number of aromatic nitrogens is 6. The fraction of sp³-hybridized carbons (Fsp3) is 0.458. The molecule has 3 unspecified atom stereocenters. The third-order valence-electron chi connectivity index (χ3n) is 7.53. The van der Waals surface area contributed by atoms with E-state index >= 15 is 0 Å². The maximum Gasteiger partial charge on any atom is 0.386 e. The Balaban J connectivity index is 1.10. The quantitative estimate of drug-likeness (QED) is 0.0741. The summed E-state index contributed by atoms with van der Waals surface area (Å²) in [7, 11) is 0. The van der Waals surface area contributed by atoms with Gasteiger partial charge in [-0.1, -0.05) is 24.5 Å². The van der Waals surface area contributed by atoms with Gasteiger partial charge in [0.1, 0.15) is 18.8 Å². The zero-order valence-corrected chi connectivity index (χ0v) is 27.4. The highest BCUT2D eigenvalue weighted by atomic mass is 32.7. The number of ether oxygens (including phenoxy) is 2. The monoisotopic (exact) mass is 716 g/mol. The van der Waals surface area contributed by atoms with Gasteiger partial charge in [-0.3, -0.25) is 32.8 Å². The zero-order valence-electron chi connectivity index (χ0n) is 23.8. The van der Waals surface area contributed by atoms with Crippen molar-refractivity contribution < 1.29 is 37.1 Å². The number of fused-ring (bicyclic) bond motifs is 2. The van der Waals surface area contributed by atoms with Gasteiger partial charge in [0.25, 0.3) is 11.1 Å². The van der Waals surface area contributed by atoms with Crippen molar-refractivity contribution in [2.45, 2.75) is 43.9 Å². The van der Waals surface area contributed by atoms with E-state index in [4.69, 9.17) is 34.5 Å². The Labute approximate surface area is 270 Å². The zero-order chi connectivity index (χ0) is 32.8. The van der Waals surface area contributed by atoms with Crippen LogP contribution in [-0.4, -0.2) is 66.0 Å². The molecule has 0 aliphatic carbocycles. The largest absolute Gasteiger partial charge is 0.399 e. The minimum absolute atomic E-state index is 0.0110. The number of hydrogen-bond donors (Lipinski definition) is 6. The molecule has 0 radical (unpaired) electrons. The molecule has 2 fully saturated rings. The molecule has 248 valence electrons. The van der Waals surface area contributed by atoms with Crippen molar-refractivity contribution in [2.75, 3.05) is 31.3 Å². The summed E-state index contributed by atoms with van der Waals surface area (Å²) in [4.78, 5) is 49.7. The first-order chi connectivity index (χ1) is 21.8. The molecule has 0 amide bonds. The number of H-pyrrole nitrogens is 1. The first kappa shape index (κ1) is 33.1. The van der Waals surface area contributed by atoms with Crippen molar-refractivity contribution in [3.8, 4) is 0 Å². The van der Waals surface area contributed by atoms with Crippen molar-refractivity contribution in [3.63, 3.8) is 0 Å². The van der Waals surface area contributed by atoms with Gasteiger partial charge in [0.2, 0.25) is 5.95 Å². The van der Waals surface area contributed by atoms with E-state index in [0.717, 1.165) is 0 Å². The highest BCUT2D eigenvalue weighted by Gasteiger charge is 2.40. The normalized spacial score (nSPS) is 26.0. The minimum atomic E-state index is -4.10. The van der Waals surface area contributed by atoms with Crippen molar-refractivity contribution in [1.82, 2.24) is 29.1 Å². The molecule has 6 rings (SSSR count). The molecular weight excluding hydrogens is 686 g/mol. The number of anilines is 2. The standard InChI is InChI=1S/C24H30N8O10P2S2/c25-13-1-3-16-17(6-13)27-10-31(22(16)34)18-4-2-14(41-18)8-40-44(37,46)39-7-12-5-15(9-38-43(35,36)45)42-23(12)32-11-28-19-20(32)29-24(26)30-21(19)33/h1,3,6,10-12,14-15,18,23H,2,4-5,7-9,25H2,(H,37,46)(H2,35,36,45)(H3,26,29,30,33)/t12?,14-,15-,18+,23+,44?/m0/s1. The van der Waals surface area contributed by atoms with Crippen LogP contribution < -0.4 is 22.6 Å². The molecule has 2 aliphatic rings.